The van der Waals surface area contributed by atoms with Crippen LogP contribution in [0.3, 0.4) is 0 Å². The number of ether oxygens (including phenoxy) is 1. The van der Waals surface area contributed by atoms with E-state index in [1.807, 2.05) is 31.2 Å². The number of nitrogens with one attached hydrogen (secondary N) is 3. The second-order valence-electron chi connectivity index (χ2n) is 9.58. The molecule has 1 aliphatic heterocycles. The average Bonchev–Trinajstić information content (AvgIpc) is 3.58. The Kier molecular flexibility index (Phi) is 9.42. The number of hydrogen-bond acceptors (Lipinski definition) is 7. The zero-order valence-corrected chi connectivity index (χ0v) is 22.7. The molecule has 3 N–H and O–H groups in total. The molecule has 1 aromatic carbocycles. The van der Waals surface area contributed by atoms with Gasteiger partial charge in [0.05, 0.1) is 6.04 Å². The van der Waals surface area contributed by atoms with Gasteiger partial charge in [0.2, 0.25) is 5.95 Å². The minimum Gasteiger partial charge on any atom is -0.381 e. The predicted molar refractivity (Wildman–Crippen MR) is 149 cm³/mol. The molecule has 5 rings (SSSR count). The number of nitrogens with zero attached hydrogens (tertiary/aromatic N) is 4. The SMILES string of the molecule is Cc1cnc(NC2CCOCC2)nc1-n1cnc(C(=O)N[C@H](CNCC2CC2)c2cccc(Cl)c2)c1.S. The van der Waals surface area contributed by atoms with Crippen LogP contribution in [0.15, 0.2) is 43.0 Å². The molecule has 2 aromatic heterocycles. The summed E-state index contributed by atoms with van der Waals surface area (Å²) >= 11 is 6.22. The van der Waals surface area contributed by atoms with Gasteiger partial charge >= 0.3 is 0 Å². The highest BCUT2D eigenvalue weighted by molar-refractivity contribution is 7.59. The van der Waals surface area contributed by atoms with Crippen LogP contribution < -0.4 is 16.0 Å². The van der Waals surface area contributed by atoms with Crippen molar-refractivity contribution in [1.82, 2.24) is 30.2 Å². The third kappa shape index (κ3) is 7.44. The van der Waals surface area contributed by atoms with Crippen molar-refractivity contribution >= 4 is 37.0 Å². The molecule has 1 saturated carbocycles. The average molecular weight is 544 g/mol. The number of benzene rings is 1. The summed E-state index contributed by atoms with van der Waals surface area (Å²) in [6.45, 7) is 4.99. The molecule has 2 aliphatic rings. The molecule has 11 heteroatoms. The minimum absolute atomic E-state index is 0. The van der Waals surface area contributed by atoms with Crippen molar-refractivity contribution in [3.05, 3.63) is 64.8 Å². The van der Waals surface area contributed by atoms with Gasteiger partial charge in [-0.2, -0.15) is 18.5 Å². The maximum absolute atomic E-state index is 13.2. The van der Waals surface area contributed by atoms with Crippen LogP contribution >= 0.6 is 25.1 Å². The third-order valence-corrected chi connectivity index (χ3v) is 6.83. The second-order valence-corrected chi connectivity index (χ2v) is 10.0. The Bertz CT molecular complexity index is 1200. The summed E-state index contributed by atoms with van der Waals surface area (Å²) in [5.41, 5.74) is 2.16. The van der Waals surface area contributed by atoms with Gasteiger partial charge in [-0.25, -0.2) is 9.97 Å². The van der Waals surface area contributed by atoms with Gasteiger partial charge in [0.1, 0.15) is 17.8 Å². The van der Waals surface area contributed by atoms with Gasteiger partial charge in [-0.1, -0.05) is 23.7 Å². The van der Waals surface area contributed by atoms with Gasteiger partial charge < -0.3 is 20.7 Å². The van der Waals surface area contributed by atoms with E-state index in [0.717, 1.165) is 49.6 Å². The van der Waals surface area contributed by atoms with Crippen molar-refractivity contribution in [3.63, 3.8) is 0 Å². The number of amides is 1. The summed E-state index contributed by atoms with van der Waals surface area (Å²) in [6, 6.07) is 7.66. The lowest BCUT2D eigenvalue weighted by molar-refractivity contribution is 0.0903. The molecule has 1 aliphatic carbocycles. The van der Waals surface area contributed by atoms with Crippen LogP contribution in [0.2, 0.25) is 5.02 Å². The highest BCUT2D eigenvalue weighted by atomic mass is 35.5. The molecule has 0 unspecified atom stereocenters. The Balaban J connectivity index is 0.00000320. The van der Waals surface area contributed by atoms with E-state index in [1.165, 1.54) is 12.8 Å². The first-order valence-corrected chi connectivity index (χ1v) is 12.9. The molecule has 1 amide bonds. The van der Waals surface area contributed by atoms with E-state index < -0.39 is 0 Å². The van der Waals surface area contributed by atoms with E-state index >= 15 is 0 Å². The number of aryl methyl sites for hydroxylation is 1. The Morgan fingerprint density at radius 1 is 1.22 bits per heavy atom. The second kappa shape index (κ2) is 12.7. The lowest BCUT2D eigenvalue weighted by Crippen LogP contribution is -2.36. The van der Waals surface area contributed by atoms with Crippen molar-refractivity contribution in [3.8, 4) is 5.82 Å². The van der Waals surface area contributed by atoms with Gasteiger partial charge in [-0.05, 0) is 62.8 Å². The zero-order valence-electron chi connectivity index (χ0n) is 20.9. The largest absolute Gasteiger partial charge is 0.381 e. The molecule has 3 heterocycles. The van der Waals surface area contributed by atoms with Crippen molar-refractivity contribution < 1.29 is 9.53 Å². The number of rotatable bonds is 10. The number of carbonyl (C=O) groups excluding carboxylic acids is 1. The van der Waals surface area contributed by atoms with Crippen LogP contribution in [0, 0.1) is 12.8 Å². The highest BCUT2D eigenvalue weighted by Crippen LogP contribution is 2.28. The molecule has 9 nitrogen and oxygen atoms in total. The van der Waals surface area contributed by atoms with E-state index in [-0.39, 0.29) is 31.5 Å². The summed E-state index contributed by atoms with van der Waals surface area (Å²) in [4.78, 5) is 26.7. The van der Waals surface area contributed by atoms with Gasteiger partial charge in [0, 0.05) is 48.8 Å². The standard InChI is InChI=1S/C26H32ClN7O2.H2S/c1-17-12-29-26(31-21-7-9-36-10-8-21)33-24(17)34-15-23(30-16-34)25(35)32-22(14-28-13-18-5-6-18)19-3-2-4-20(27)11-19;/h2-4,11-12,15-16,18,21-22,28H,5-10,13-14H2,1H3,(H,32,35)(H,29,31,33);1H2/t22-;/m1./s1. The summed E-state index contributed by atoms with van der Waals surface area (Å²) in [7, 11) is 0. The van der Waals surface area contributed by atoms with Crippen molar-refractivity contribution in [2.24, 2.45) is 5.92 Å². The normalized spacial score (nSPS) is 16.6. The highest BCUT2D eigenvalue weighted by Gasteiger charge is 2.23. The van der Waals surface area contributed by atoms with Crippen molar-refractivity contribution in [1.29, 1.82) is 0 Å². The summed E-state index contributed by atoms with van der Waals surface area (Å²) < 4.78 is 7.19. The number of halogens is 1. The maximum Gasteiger partial charge on any atom is 0.272 e. The molecule has 2 fully saturated rings. The van der Waals surface area contributed by atoms with E-state index in [2.05, 4.69) is 25.9 Å². The molecule has 0 bridgehead atoms. The van der Waals surface area contributed by atoms with Gasteiger partial charge in [-0.3, -0.25) is 9.36 Å². The van der Waals surface area contributed by atoms with Crippen LogP contribution in [-0.4, -0.2) is 57.8 Å². The van der Waals surface area contributed by atoms with Crippen LogP contribution in [0.25, 0.3) is 5.82 Å². The lowest BCUT2D eigenvalue weighted by Gasteiger charge is -2.23. The Morgan fingerprint density at radius 3 is 2.78 bits per heavy atom. The van der Waals surface area contributed by atoms with Crippen molar-refractivity contribution in [2.45, 2.75) is 44.7 Å². The number of carbonyl (C=O) groups is 1. The molecular formula is C26H34ClN7O2S. The molecule has 3 aromatic rings. The number of anilines is 1. The number of aromatic nitrogens is 4. The molecular weight excluding hydrogens is 510 g/mol. The zero-order chi connectivity index (χ0) is 24.9. The quantitative estimate of drug-likeness (QED) is 0.357. The first kappa shape index (κ1) is 27.4. The van der Waals surface area contributed by atoms with Crippen LogP contribution in [0.1, 0.15) is 53.3 Å². The first-order valence-electron chi connectivity index (χ1n) is 12.5. The fourth-order valence-electron chi connectivity index (χ4n) is 4.31. The maximum atomic E-state index is 13.2. The topological polar surface area (TPSA) is 106 Å². The molecule has 198 valence electrons. The molecule has 37 heavy (non-hydrogen) atoms. The smallest absolute Gasteiger partial charge is 0.272 e. The number of imidazole rings is 1. The van der Waals surface area contributed by atoms with E-state index in [0.29, 0.717) is 29.0 Å². The van der Waals surface area contributed by atoms with Gasteiger partial charge in [0.15, 0.2) is 0 Å². The monoisotopic (exact) mass is 543 g/mol. The predicted octanol–water partition coefficient (Wildman–Crippen LogP) is 3.80. The minimum atomic E-state index is -0.251. The Hall–Kier alpha value is -2.66. The van der Waals surface area contributed by atoms with E-state index in [9.17, 15) is 4.79 Å². The van der Waals surface area contributed by atoms with Crippen LogP contribution in [-0.2, 0) is 4.74 Å². The number of hydrogen-bond donors (Lipinski definition) is 3. The molecule has 1 atom stereocenters. The fraction of sp³-hybridized carbons (Fsp3) is 0.462. The lowest BCUT2D eigenvalue weighted by atomic mass is 10.1. The molecule has 0 radical (unpaired) electrons. The fourth-order valence-corrected chi connectivity index (χ4v) is 4.50. The Morgan fingerprint density at radius 2 is 2.03 bits per heavy atom. The van der Waals surface area contributed by atoms with Crippen LogP contribution in [0.4, 0.5) is 5.95 Å². The summed E-state index contributed by atoms with van der Waals surface area (Å²) in [5.74, 6) is 1.74. The van der Waals surface area contributed by atoms with Crippen LogP contribution in [0.5, 0.6) is 0 Å². The van der Waals surface area contributed by atoms with E-state index in [4.69, 9.17) is 21.3 Å². The summed E-state index contributed by atoms with van der Waals surface area (Å²) in [6.07, 6.45) is 9.49. The van der Waals surface area contributed by atoms with Gasteiger partial charge in [-0.15, -0.1) is 0 Å². The first-order chi connectivity index (χ1) is 17.5. The van der Waals surface area contributed by atoms with Gasteiger partial charge in [0.25, 0.3) is 5.91 Å². The molecule has 0 spiro atoms. The molecule has 1 saturated heterocycles. The van der Waals surface area contributed by atoms with Crippen molar-refractivity contribution in [2.75, 3.05) is 31.6 Å². The van der Waals surface area contributed by atoms with E-state index in [1.54, 1.807) is 23.3 Å². The summed E-state index contributed by atoms with van der Waals surface area (Å²) in [5, 5.41) is 10.6. The Labute approximate surface area is 229 Å². The third-order valence-electron chi connectivity index (χ3n) is 6.59.